The van der Waals surface area contributed by atoms with Crippen LogP contribution in [0.2, 0.25) is 0 Å². The quantitative estimate of drug-likeness (QED) is 0.242. The van der Waals surface area contributed by atoms with Gasteiger partial charge >= 0.3 is 0 Å². The predicted octanol–water partition coefficient (Wildman–Crippen LogP) is 1.80. The summed E-state index contributed by atoms with van der Waals surface area (Å²) in [5.74, 6) is 1.60. The zero-order valence-corrected chi connectivity index (χ0v) is 19.7. The van der Waals surface area contributed by atoms with E-state index in [4.69, 9.17) is 4.74 Å². The number of methoxy groups -OCH3 is 1. The molecule has 35 heavy (non-hydrogen) atoms. The highest BCUT2D eigenvalue weighted by Gasteiger charge is 2.54. The Morgan fingerprint density at radius 3 is 2.89 bits per heavy atom. The molecule has 1 unspecified atom stereocenters. The number of aliphatic hydroxyl groups is 1. The van der Waals surface area contributed by atoms with E-state index in [-0.39, 0.29) is 21.4 Å². The standard InChI is InChI=1S/C27H30N3O4.FH/c1-3-19-17-30(16-18-5-4-6-21(13-18)29(32)33)12-10-20(19)14-26(30)27(31)23-9-11-28-25-8-7-22(34-2)15-24(23)25;/h3-9,11,13,15,19-20,26-27,31H,1,10,12,14,16-17H2,2H3;1H/q+1;/p-1/t19-,20-,26+,27-,30?;/m0./s1. The van der Waals surface area contributed by atoms with Crippen LogP contribution in [0.5, 0.6) is 5.75 Å². The van der Waals surface area contributed by atoms with Crippen LogP contribution in [0.1, 0.15) is 30.1 Å². The highest BCUT2D eigenvalue weighted by molar-refractivity contribution is 5.83. The summed E-state index contributed by atoms with van der Waals surface area (Å²) in [5, 5.41) is 24.1. The second-order valence-electron chi connectivity index (χ2n) is 9.69. The Morgan fingerprint density at radius 1 is 1.31 bits per heavy atom. The maximum Gasteiger partial charge on any atom is 0.269 e. The van der Waals surface area contributed by atoms with Crippen LogP contribution in [-0.2, 0) is 6.54 Å². The Kier molecular flexibility index (Phi) is 6.87. The van der Waals surface area contributed by atoms with Crippen molar-refractivity contribution in [3.05, 3.63) is 88.6 Å². The molecule has 3 saturated heterocycles. The molecule has 1 aromatic heterocycles. The SMILES string of the molecule is C=C[C@H]1C[N+]2(Cc3cccc([N+](=O)[O-])c3)CC[C@H]1C[C@@H]2[C@@H](O)c1ccnc2ccc(OC)cc12.[F-]. The molecule has 0 aliphatic carbocycles. The van der Waals surface area contributed by atoms with E-state index < -0.39 is 6.10 Å². The van der Waals surface area contributed by atoms with E-state index in [1.807, 2.05) is 30.3 Å². The third-order valence-electron chi connectivity index (χ3n) is 7.96. The summed E-state index contributed by atoms with van der Waals surface area (Å²) >= 11 is 0. The molecular formula is C27H30FN3O4. The third-order valence-corrected chi connectivity index (χ3v) is 7.96. The Morgan fingerprint density at radius 2 is 2.14 bits per heavy atom. The number of hydrogen-bond acceptors (Lipinski definition) is 5. The molecule has 4 heterocycles. The van der Waals surface area contributed by atoms with Crippen LogP contribution < -0.4 is 9.44 Å². The molecule has 3 aliphatic rings. The van der Waals surface area contributed by atoms with Gasteiger partial charge in [-0.2, -0.15) is 0 Å². The van der Waals surface area contributed by atoms with Gasteiger partial charge in [0.1, 0.15) is 24.4 Å². The zero-order valence-electron chi connectivity index (χ0n) is 19.7. The van der Waals surface area contributed by atoms with Crippen LogP contribution in [0.3, 0.4) is 0 Å². The van der Waals surface area contributed by atoms with Gasteiger partial charge in [-0.3, -0.25) is 15.1 Å². The number of nitro groups is 1. The smallest absolute Gasteiger partial charge is 0.269 e. The fourth-order valence-electron chi connectivity index (χ4n) is 6.25. The van der Waals surface area contributed by atoms with Crippen LogP contribution >= 0.6 is 0 Å². The van der Waals surface area contributed by atoms with Crippen molar-refractivity contribution in [2.45, 2.75) is 31.5 Å². The van der Waals surface area contributed by atoms with Crippen molar-refractivity contribution >= 4 is 16.6 Å². The summed E-state index contributed by atoms with van der Waals surface area (Å²) < 4.78 is 6.13. The lowest BCUT2D eigenvalue weighted by molar-refractivity contribution is -0.984. The van der Waals surface area contributed by atoms with E-state index in [1.165, 1.54) is 6.07 Å². The fourth-order valence-corrected chi connectivity index (χ4v) is 6.25. The minimum Gasteiger partial charge on any atom is -1.00 e. The number of rotatable bonds is 7. The molecule has 0 radical (unpaired) electrons. The van der Waals surface area contributed by atoms with E-state index in [9.17, 15) is 15.2 Å². The zero-order chi connectivity index (χ0) is 23.9. The van der Waals surface area contributed by atoms with Crippen LogP contribution in [0.25, 0.3) is 10.9 Å². The molecule has 8 heteroatoms. The second kappa shape index (κ2) is 9.71. The monoisotopic (exact) mass is 479 g/mol. The molecular weight excluding hydrogens is 449 g/mol. The molecule has 6 rings (SSSR count). The van der Waals surface area contributed by atoms with Crippen molar-refractivity contribution in [2.75, 3.05) is 20.2 Å². The number of hydrogen-bond donors (Lipinski definition) is 1. The van der Waals surface area contributed by atoms with Gasteiger partial charge in [0, 0.05) is 48.0 Å². The summed E-state index contributed by atoms with van der Waals surface area (Å²) in [6.07, 6.45) is 5.08. The number of quaternary nitrogens is 1. The van der Waals surface area contributed by atoms with E-state index >= 15 is 0 Å². The minimum absolute atomic E-state index is 0. The molecule has 0 saturated carbocycles. The summed E-state index contributed by atoms with van der Waals surface area (Å²) in [7, 11) is 1.63. The molecule has 5 atom stereocenters. The lowest BCUT2D eigenvalue weighted by Gasteiger charge is -2.58. The van der Waals surface area contributed by atoms with Crippen LogP contribution in [0, 0.1) is 22.0 Å². The Labute approximate surface area is 203 Å². The highest BCUT2D eigenvalue weighted by Crippen LogP contribution is 2.48. The highest BCUT2D eigenvalue weighted by atomic mass is 19.0. The summed E-state index contributed by atoms with van der Waals surface area (Å²) in [4.78, 5) is 15.5. The Balaban J connectivity index is 0.00000289. The maximum atomic E-state index is 11.9. The second-order valence-corrected chi connectivity index (χ2v) is 9.69. The average Bonchev–Trinajstić information content (AvgIpc) is 2.87. The Hall–Kier alpha value is -3.36. The number of nitro benzene ring substituents is 1. The largest absolute Gasteiger partial charge is 1.00 e. The summed E-state index contributed by atoms with van der Waals surface area (Å²) in [6, 6.07) is 14.5. The average molecular weight is 480 g/mol. The number of nitrogens with zero attached hydrogens (tertiary/aromatic N) is 3. The molecule has 7 nitrogen and oxygen atoms in total. The first-order valence-electron chi connectivity index (χ1n) is 11.8. The lowest BCUT2D eigenvalue weighted by Crippen LogP contribution is -3.00. The number of aliphatic hydroxyl groups excluding tert-OH is 1. The van der Waals surface area contributed by atoms with Gasteiger partial charge < -0.3 is 19.0 Å². The van der Waals surface area contributed by atoms with Gasteiger partial charge in [0.25, 0.3) is 5.69 Å². The van der Waals surface area contributed by atoms with Gasteiger partial charge in [0.05, 0.1) is 30.6 Å². The van der Waals surface area contributed by atoms with Gasteiger partial charge in [-0.25, -0.2) is 0 Å². The summed E-state index contributed by atoms with van der Waals surface area (Å²) in [6.45, 7) is 6.54. The van der Waals surface area contributed by atoms with Crippen molar-refractivity contribution in [3.8, 4) is 5.75 Å². The first kappa shape index (κ1) is 24.8. The van der Waals surface area contributed by atoms with Crippen LogP contribution in [0.15, 0.2) is 67.4 Å². The number of piperidine rings is 3. The van der Waals surface area contributed by atoms with Gasteiger partial charge in [0.15, 0.2) is 0 Å². The topological polar surface area (TPSA) is 85.5 Å². The maximum absolute atomic E-state index is 11.9. The van der Waals surface area contributed by atoms with E-state index in [0.717, 1.165) is 53.7 Å². The number of halogens is 1. The molecule has 0 amide bonds. The van der Waals surface area contributed by atoms with Gasteiger partial charge in [0.2, 0.25) is 0 Å². The normalized spacial score (nSPS) is 26.1. The van der Waals surface area contributed by atoms with Crippen molar-refractivity contribution in [3.63, 3.8) is 0 Å². The molecule has 3 aromatic rings. The number of pyridine rings is 1. The van der Waals surface area contributed by atoms with Gasteiger partial charge in [-0.05, 0) is 35.7 Å². The summed E-state index contributed by atoms with van der Waals surface area (Å²) in [5.41, 5.74) is 2.71. The van der Waals surface area contributed by atoms with Crippen molar-refractivity contribution < 1.29 is 24.0 Å². The van der Waals surface area contributed by atoms with Crippen molar-refractivity contribution in [1.82, 2.24) is 4.98 Å². The number of ether oxygens (including phenoxy) is 1. The molecule has 3 aliphatic heterocycles. The molecule has 184 valence electrons. The third kappa shape index (κ3) is 4.39. The molecule has 1 N–H and O–H groups in total. The fraction of sp³-hybridized carbons (Fsp3) is 0.370. The molecule has 0 spiro atoms. The van der Waals surface area contributed by atoms with E-state index in [1.54, 1.807) is 25.4 Å². The minimum atomic E-state index is -0.690. The van der Waals surface area contributed by atoms with E-state index in [2.05, 4.69) is 17.6 Å². The van der Waals surface area contributed by atoms with Gasteiger partial charge in [-0.15, -0.1) is 6.58 Å². The van der Waals surface area contributed by atoms with Crippen molar-refractivity contribution in [2.24, 2.45) is 11.8 Å². The van der Waals surface area contributed by atoms with Crippen LogP contribution in [-0.4, -0.2) is 45.7 Å². The van der Waals surface area contributed by atoms with Crippen LogP contribution in [0.4, 0.5) is 5.69 Å². The van der Waals surface area contributed by atoms with E-state index in [0.29, 0.717) is 22.9 Å². The first-order chi connectivity index (χ1) is 16.4. The first-order valence-corrected chi connectivity index (χ1v) is 11.8. The predicted molar refractivity (Wildman–Crippen MR) is 130 cm³/mol. The molecule has 3 fully saturated rings. The number of non-ortho nitro benzene ring substituents is 1. The van der Waals surface area contributed by atoms with Crippen molar-refractivity contribution in [1.29, 1.82) is 0 Å². The molecule has 2 bridgehead atoms. The molecule has 2 aromatic carbocycles. The number of fused-ring (bicyclic) bond motifs is 4. The number of benzene rings is 2. The lowest BCUT2D eigenvalue weighted by atomic mass is 9.71. The van der Waals surface area contributed by atoms with Gasteiger partial charge in [-0.1, -0.05) is 18.2 Å². The number of aromatic nitrogens is 1. The Bertz CT molecular complexity index is 1250.